The van der Waals surface area contributed by atoms with E-state index >= 15 is 0 Å². The zero-order valence-corrected chi connectivity index (χ0v) is 9.27. The Kier molecular flexibility index (Phi) is 4.42. The van der Waals surface area contributed by atoms with E-state index in [1.54, 1.807) is 11.8 Å². The molecule has 3 heteroatoms. The summed E-state index contributed by atoms with van der Waals surface area (Å²) < 4.78 is 13.0. The number of rotatable bonds is 4. The van der Waals surface area contributed by atoms with E-state index in [9.17, 15) is 4.39 Å². The van der Waals surface area contributed by atoms with Gasteiger partial charge in [0.1, 0.15) is 5.82 Å². The average molecular weight is 214 g/mol. The SMILES string of the molecule is CC(C)CSc1cc(F)cc(CO)c1. The van der Waals surface area contributed by atoms with Gasteiger partial charge in [-0.15, -0.1) is 11.8 Å². The molecule has 0 aliphatic carbocycles. The van der Waals surface area contributed by atoms with Crippen molar-refractivity contribution in [2.24, 2.45) is 5.92 Å². The second-order valence-corrected chi connectivity index (χ2v) is 4.75. The van der Waals surface area contributed by atoms with Crippen LogP contribution in [0.5, 0.6) is 0 Å². The molecule has 1 aromatic rings. The molecule has 1 nitrogen and oxygen atoms in total. The number of benzene rings is 1. The van der Waals surface area contributed by atoms with Crippen LogP contribution in [0.1, 0.15) is 19.4 Å². The van der Waals surface area contributed by atoms with E-state index in [0.717, 1.165) is 10.6 Å². The lowest BCUT2D eigenvalue weighted by atomic mass is 10.2. The lowest BCUT2D eigenvalue weighted by Gasteiger charge is -2.06. The molecule has 0 atom stereocenters. The Morgan fingerprint density at radius 3 is 2.64 bits per heavy atom. The Morgan fingerprint density at radius 2 is 2.07 bits per heavy atom. The number of thioether (sulfide) groups is 1. The van der Waals surface area contributed by atoms with Crippen LogP contribution in [-0.2, 0) is 6.61 Å². The van der Waals surface area contributed by atoms with Crippen LogP contribution in [0.15, 0.2) is 23.1 Å². The average Bonchev–Trinajstić information content (AvgIpc) is 2.14. The van der Waals surface area contributed by atoms with Crippen LogP contribution in [-0.4, -0.2) is 10.9 Å². The summed E-state index contributed by atoms with van der Waals surface area (Å²) in [5.74, 6) is 1.28. The third kappa shape index (κ3) is 3.68. The zero-order valence-electron chi connectivity index (χ0n) is 8.46. The molecule has 0 heterocycles. The van der Waals surface area contributed by atoms with Crippen LogP contribution in [0.3, 0.4) is 0 Å². The quantitative estimate of drug-likeness (QED) is 0.777. The van der Waals surface area contributed by atoms with Gasteiger partial charge >= 0.3 is 0 Å². The molecule has 0 aliphatic rings. The van der Waals surface area contributed by atoms with E-state index in [1.165, 1.54) is 12.1 Å². The Morgan fingerprint density at radius 1 is 1.36 bits per heavy atom. The summed E-state index contributed by atoms with van der Waals surface area (Å²) in [7, 11) is 0. The van der Waals surface area contributed by atoms with E-state index in [4.69, 9.17) is 5.11 Å². The second kappa shape index (κ2) is 5.37. The molecule has 0 saturated carbocycles. The monoisotopic (exact) mass is 214 g/mol. The smallest absolute Gasteiger partial charge is 0.124 e. The fraction of sp³-hybridized carbons (Fsp3) is 0.455. The number of halogens is 1. The Bertz CT molecular complexity index is 299. The Balaban J connectivity index is 2.71. The third-order valence-corrected chi connectivity index (χ3v) is 3.10. The van der Waals surface area contributed by atoms with E-state index in [-0.39, 0.29) is 12.4 Å². The van der Waals surface area contributed by atoms with Gasteiger partial charge in [0.15, 0.2) is 0 Å². The minimum absolute atomic E-state index is 0.104. The van der Waals surface area contributed by atoms with E-state index in [0.29, 0.717) is 11.5 Å². The predicted molar refractivity (Wildman–Crippen MR) is 57.9 cm³/mol. The molecule has 0 radical (unpaired) electrons. The first-order valence-corrected chi connectivity index (χ1v) is 5.63. The van der Waals surface area contributed by atoms with Gasteiger partial charge in [0.2, 0.25) is 0 Å². The van der Waals surface area contributed by atoms with Gasteiger partial charge in [0, 0.05) is 10.6 Å². The second-order valence-electron chi connectivity index (χ2n) is 3.66. The molecule has 0 unspecified atom stereocenters. The first-order valence-electron chi connectivity index (χ1n) is 4.65. The van der Waals surface area contributed by atoms with Crippen molar-refractivity contribution in [2.75, 3.05) is 5.75 Å². The van der Waals surface area contributed by atoms with Crippen LogP contribution >= 0.6 is 11.8 Å². The molecule has 1 aromatic carbocycles. The summed E-state index contributed by atoms with van der Waals surface area (Å²) in [6.45, 7) is 4.14. The number of hydrogen-bond acceptors (Lipinski definition) is 2. The van der Waals surface area contributed by atoms with Crippen LogP contribution in [0.4, 0.5) is 4.39 Å². The highest BCUT2D eigenvalue weighted by molar-refractivity contribution is 7.99. The molecule has 14 heavy (non-hydrogen) atoms. The van der Waals surface area contributed by atoms with Crippen LogP contribution < -0.4 is 0 Å². The molecule has 78 valence electrons. The zero-order chi connectivity index (χ0) is 10.6. The fourth-order valence-corrected chi connectivity index (χ4v) is 2.01. The topological polar surface area (TPSA) is 20.2 Å². The van der Waals surface area contributed by atoms with Gasteiger partial charge in [0.25, 0.3) is 0 Å². The van der Waals surface area contributed by atoms with Gasteiger partial charge < -0.3 is 5.11 Å². The first-order chi connectivity index (χ1) is 6.61. The predicted octanol–water partition coefficient (Wildman–Crippen LogP) is 3.07. The molecule has 0 aromatic heterocycles. The fourth-order valence-electron chi connectivity index (χ4n) is 1.06. The summed E-state index contributed by atoms with van der Waals surface area (Å²) >= 11 is 1.62. The molecular formula is C11H15FOS. The normalized spacial score (nSPS) is 10.9. The van der Waals surface area contributed by atoms with Crippen molar-refractivity contribution in [2.45, 2.75) is 25.3 Å². The van der Waals surface area contributed by atoms with Gasteiger partial charge in [-0.2, -0.15) is 0 Å². The minimum atomic E-state index is -0.275. The van der Waals surface area contributed by atoms with E-state index in [1.807, 2.05) is 6.07 Å². The number of aliphatic hydroxyl groups is 1. The highest BCUT2D eigenvalue weighted by atomic mass is 32.2. The summed E-state index contributed by atoms with van der Waals surface area (Å²) in [5, 5.41) is 8.89. The van der Waals surface area contributed by atoms with Crippen LogP contribution in [0.25, 0.3) is 0 Å². The van der Waals surface area contributed by atoms with Crippen molar-refractivity contribution < 1.29 is 9.50 Å². The summed E-state index contributed by atoms with van der Waals surface area (Å²) in [6, 6.07) is 4.70. The van der Waals surface area contributed by atoms with Crippen molar-refractivity contribution in [1.29, 1.82) is 0 Å². The molecule has 0 bridgehead atoms. The largest absolute Gasteiger partial charge is 0.392 e. The van der Waals surface area contributed by atoms with Gasteiger partial charge in [-0.05, 0) is 29.7 Å². The molecule has 0 amide bonds. The minimum Gasteiger partial charge on any atom is -0.392 e. The first kappa shape index (κ1) is 11.5. The lowest BCUT2D eigenvalue weighted by molar-refractivity contribution is 0.281. The highest BCUT2D eigenvalue weighted by Crippen LogP contribution is 2.23. The van der Waals surface area contributed by atoms with Gasteiger partial charge in [0.05, 0.1) is 6.61 Å². The summed E-state index contributed by atoms with van der Waals surface area (Å²) in [6.07, 6.45) is 0. The molecule has 0 saturated heterocycles. The molecule has 0 aliphatic heterocycles. The Labute approximate surface area is 88.3 Å². The van der Waals surface area contributed by atoms with Crippen molar-refractivity contribution in [3.8, 4) is 0 Å². The number of hydrogen-bond donors (Lipinski definition) is 1. The van der Waals surface area contributed by atoms with Crippen molar-refractivity contribution >= 4 is 11.8 Å². The molecular weight excluding hydrogens is 199 g/mol. The summed E-state index contributed by atoms with van der Waals surface area (Å²) in [5.41, 5.74) is 0.635. The maximum absolute atomic E-state index is 13.0. The third-order valence-electron chi connectivity index (χ3n) is 1.70. The van der Waals surface area contributed by atoms with E-state index < -0.39 is 0 Å². The van der Waals surface area contributed by atoms with Gasteiger partial charge in [-0.25, -0.2) is 4.39 Å². The highest BCUT2D eigenvalue weighted by Gasteiger charge is 2.02. The van der Waals surface area contributed by atoms with E-state index in [2.05, 4.69) is 13.8 Å². The Hall–Kier alpha value is -0.540. The molecule has 1 rings (SSSR count). The molecule has 0 fully saturated rings. The maximum Gasteiger partial charge on any atom is 0.124 e. The van der Waals surface area contributed by atoms with Crippen molar-refractivity contribution in [3.63, 3.8) is 0 Å². The molecule has 1 N–H and O–H groups in total. The molecule has 0 spiro atoms. The maximum atomic E-state index is 13.0. The van der Waals surface area contributed by atoms with Gasteiger partial charge in [-0.1, -0.05) is 13.8 Å². The standard InChI is InChI=1S/C11H15FOS/c1-8(2)7-14-11-4-9(6-13)3-10(12)5-11/h3-5,8,13H,6-7H2,1-2H3. The number of aliphatic hydroxyl groups excluding tert-OH is 1. The van der Waals surface area contributed by atoms with Crippen molar-refractivity contribution in [3.05, 3.63) is 29.6 Å². The van der Waals surface area contributed by atoms with Crippen molar-refractivity contribution in [1.82, 2.24) is 0 Å². The van der Waals surface area contributed by atoms with Gasteiger partial charge in [-0.3, -0.25) is 0 Å². The summed E-state index contributed by atoms with van der Waals surface area (Å²) in [4.78, 5) is 0.891. The van der Waals surface area contributed by atoms with Crippen LogP contribution in [0.2, 0.25) is 0 Å². The lowest BCUT2D eigenvalue weighted by Crippen LogP contribution is -1.92. The van der Waals surface area contributed by atoms with Crippen LogP contribution in [0, 0.1) is 11.7 Å².